The molecule has 0 aliphatic heterocycles. The summed E-state index contributed by atoms with van der Waals surface area (Å²) in [6, 6.07) is 0. The lowest BCUT2D eigenvalue weighted by atomic mass is 9.88. The van der Waals surface area contributed by atoms with Crippen molar-refractivity contribution in [1.82, 2.24) is 0 Å². The Kier molecular flexibility index (Phi) is 7.93. The predicted molar refractivity (Wildman–Crippen MR) is 98.7 cm³/mol. The van der Waals surface area contributed by atoms with E-state index in [1.54, 1.807) is 12.7 Å². The van der Waals surface area contributed by atoms with E-state index in [1.807, 2.05) is 6.08 Å². The van der Waals surface area contributed by atoms with Gasteiger partial charge in [-0.15, -0.1) is 0 Å². The van der Waals surface area contributed by atoms with Gasteiger partial charge in [0.25, 0.3) is 7.72 Å². The Hall–Kier alpha value is -0.700. The third kappa shape index (κ3) is 6.66. The zero-order valence-corrected chi connectivity index (χ0v) is 15.8. The van der Waals surface area contributed by atoms with Crippen molar-refractivity contribution in [1.29, 1.82) is 0 Å². The van der Waals surface area contributed by atoms with Gasteiger partial charge in [-0.05, 0) is 56.9 Å². The van der Waals surface area contributed by atoms with Gasteiger partial charge in [-0.2, -0.15) is 0 Å². The second kappa shape index (κ2) is 9.70. The van der Waals surface area contributed by atoms with Crippen LogP contribution in [0.4, 0.5) is 0 Å². The molecule has 4 nitrogen and oxygen atoms in total. The largest absolute Gasteiger partial charge is 0.463 e. The molecule has 0 heterocycles. The van der Waals surface area contributed by atoms with Crippen molar-refractivity contribution >= 4 is 13.7 Å². The first-order valence-corrected chi connectivity index (χ1v) is 11.4. The standard InChI is InChI=1S/C19H32O4P/c1-2-23-19(20)18(13-16-9-5-3-6-10-16)15-24(21,22)14-17-11-7-4-8-12-17/h13-14,16,21-22H,2-12,15H2,1H3/q+1. The Labute approximate surface area is 146 Å². The smallest absolute Gasteiger partial charge is 0.337 e. The Morgan fingerprint density at radius 3 is 2.38 bits per heavy atom. The summed E-state index contributed by atoms with van der Waals surface area (Å²) >= 11 is 0. The van der Waals surface area contributed by atoms with E-state index in [0.29, 0.717) is 18.1 Å². The van der Waals surface area contributed by atoms with Gasteiger partial charge in [0.05, 0.1) is 12.2 Å². The van der Waals surface area contributed by atoms with Crippen LogP contribution in [-0.4, -0.2) is 28.5 Å². The van der Waals surface area contributed by atoms with Crippen LogP contribution < -0.4 is 0 Å². The number of rotatable bonds is 6. The molecule has 0 amide bonds. The highest BCUT2D eigenvalue weighted by Gasteiger charge is 2.36. The molecular weight excluding hydrogens is 323 g/mol. The molecule has 0 radical (unpaired) electrons. The highest BCUT2D eigenvalue weighted by atomic mass is 31.2. The number of ether oxygens (including phenoxy) is 1. The van der Waals surface area contributed by atoms with Crippen LogP contribution in [0.1, 0.15) is 71.1 Å². The minimum atomic E-state index is -3.24. The summed E-state index contributed by atoms with van der Waals surface area (Å²) < 4.78 is 5.15. The minimum Gasteiger partial charge on any atom is -0.463 e. The molecule has 2 aliphatic carbocycles. The number of hydrogen-bond acceptors (Lipinski definition) is 4. The van der Waals surface area contributed by atoms with Crippen LogP contribution in [0.15, 0.2) is 23.0 Å². The monoisotopic (exact) mass is 355 g/mol. The fourth-order valence-electron chi connectivity index (χ4n) is 3.72. The van der Waals surface area contributed by atoms with Crippen LogP contribution in [0.5, 0.6) is 0 Å². The fraction of sp³-hybridized carbons (Fsp3) is 0.737. The SMILES string of the molecule is CCOC(=O)C(=CC1CCCCC1)C[P+](O)(O)C=C1CCCCC1. The molecule has 0 saturated heterocycles. The van der Waals surface area contributed by atoms with Crippen LogP contribution in [0.25, 0.3) is 0 Å². The molecule has 2 fully saturated rings. The first kappa shape index (κ1) is 19.6. The molecule has 2 aliphatic rings. The van der Waals surface area contributed by atoms with E-state index in [4.69, 9.17) is 4.74 Å². The summed E-state index contributed by atoms with van der Waals surface area (Å²) in [4.78, 5) is 33.3. The zero-order chi connectivity index (χ0) is 17.4. The normalized spacial score (nSPS) is 20.8. The Balaban J connectivity index is 2.10. The van der Waals surface area contributed by atoms with E-state index in [2.05, 4.69) is 0 Å². The van der Waals surface area contributed by atoms with Crippen molar-refractivity contribution in [3.8, 4) is 0 Å². The molecule has 2 N–H and O–H groups in total. The average molecular weight is 355 g/mol. The van der Waals surface area contributed by atoms with E-state index in [-0.39, 0.29) is 6.16 Å². The molecule has 0 aromatic rings. The Morgan fingerprint density at radius 2 is 1.75 bits per heavy atom. The molecule has 2 saturated carbocycles. The van der Waals surface area contributed by atoms with Crippen molar-refractivity contribution in [3.05, 3.63) is 23.0 Å². The maximum absolute atomic E-state index is 12.3. The molecule has 0 unspecified atom stereocenters. The van der Waals surface area contributed by atoms with Crippen molar-refractivity contribution in [2.75, 3.05) is 12.8 Å². The van der Waals surface area contributed by atoms with E-state index >= 15 is 0 Å². The van der Waals surface area contributed by atoms with Crippen LogP contribution in [0.3, 0.4) is 0 Å². The lowest BCUT2D eigenvalue weighted by Crippen LogP contribution is -2.15. The molecule has 24 heavy (non-hydrogen) atoms. The first-order chi connectivity index (χ1) is 11.5. The van der Waals surface area contributed by atoms with Gasteiger partial charge in [-0.1, -0.05) is 31.8 Å². The van der Waals surface area contributed by atoms with Gasteiger partial charge in [-0.3, -0.25) is 0 Å². The lowest BCUT2D eigenvalue weighted by molar-refractivity contribution is -0.138. The molecular formula is C19H32O4P+. The molecule has 2 rings (SSSR count). The Bertz CT molecular complexity index is 468. The van der Waals surface area contributed by atoms with E-state index in [9.17, 15) is 14.6 Å². The highest BCUT2D eigenvalue weighted by Crippen LogP contribution is 2.55. The summed E-state index contributed by atoms with van der Waals surface area (Å²) in [5, 5.41) is 0. The molecule has 5 heteroatoms. The summed E-state index contributed by atoms with van der Waals surface area (Å²) in [7, 11) is -3.24. The number of hydrogen-bond donors (Lipinski definition) is 2. The van der Waals surface area contributed by atoms with E-state index < -0.39 is 13.7 Å². The fourth-order valence-corrected chi connectivity index (χ4v) is 5.39. The third-order valence-electron chi connectivity index (χ3n) is 4.91. The molecule has 0 aromatic carbocycles. The van der Waals surface area contributed by atoms with Gasteiger partial charge in [0.1, 0.15) is 12.0 Å². The maximum Gasteiger partial charge on any atom is 0.337 e. The van der Waals surface area contributed by atoms with E-state index in [1.165, 1.54) is 25.7 Å². The topological polar surface area (TPSA) is 66.8 Å². The van der Waals surface area contributed by atoms with Crippen molar-refractivity contribution in [2.45, 2.75) is 71.1 Å². The molecule has 0 aromatic heterocycles. The third-order valence-corrected chi connectivity index (χ3v) is 6.50. The number of esters is 1. The van der Waals surface area contributed by atoms with Gasteiger partial charge >= 0.3 is 5.97 Å². The summed E-state index contributed by atoms with van der Waals surface area (Å²) in [5.74, 6) is 1.64. The van der Waals surface area contributed by atoms with Crippen molar-refractivity contribution in [2.24, 2.45) is 5.92 Å². The number of allylic oxidation sites excluding steroid dienone is 2. The second-order valence-electron chi connectivity index (χ2n) is 7.10. The van der Waals surface area contributed by atoms with Gasteiger partial charge in [0, 0.05) is 0 Å². The quantitative estimate of drug-likeness (QED) is 0.410. The van der Waals surface area contributed by atoms with Crippen molar-refractivity contribution in [3.63, 3.8) is 0 Å². The molecule has 136 valence electrons. The van der Waals surface area contributed by atoms with Crippen LogP contribution >= 0.6 is 7.72 Å². The van der Waals surface area contributed by atoms with E-state index in [0.717, 1.165) is 44.1 Å². The summed E-state index contributed by atoms with van der Waals surface area (Å²) in [5.41, 5.74) is 1.59. The van der Waals surface area contributed by atoms with Crippen LogP contribution in [0, 0.1) is 5.92 Å². The van der Waals surface area contributed by atoms with Crippen LogP contribution in [-0.2, 0) is 9.53 Å². The zero-order valence-electron chi connectivity index (χ0n) is 14.9. The molecule has 0 bridgehead atoms. The minimum absolute atomic E-state index is 0.0197. The summed E-state index contributed by atoms with van der Waals surface area (Å²) in [6.45, 7) is 2.09. The Morgan fingerprint density at radius 1 is 1.12 bits per heavy atom. The molecule has 0 atom stereocenters. The van der Waals surface area contributed by atoms with Crippen molar-refractivity contribution < 1.29 is 19.3 Å². The van der Waals surface area contributed by atoms with Gasteiger partial charge in [-0.25, -0.2) is 14.6 Å². The molecule has 0 spiro atoms. The average Bonchev–Trinajstić information content (AvgIpc) is 2.55. The predicted octanol–water partition coefficient (Wildman–Crippen LogP) is 4.74. The van der Waals surface area contributed by atoms with Gasteiger partial charge in [0.2, 0.25) is 0 Å². The maximum atomic E-state index is 12.3. The summed E-state index contributed by atoms with van der Waals surface area (Å²) in [6.07, 6.45) is 13.1. The number of carbonyl (C=O) groups is 1. The van der Waals surface area contributed by atoms with Gasteiger partial charge in [0.15, 0.2) is 0 Å². The van der Waals surface area contributed by atoms with Gasteiger partial charge < -0.3 is 4.74 Å². The first-order valence-electron chi connectivity index (χ1n) is 9.42. The second-order valence-corrected chi connectivity index (χ2v) is 9.25. The van der Waals surface area contributed by atoms with Crippen LogP contribution in [0.2, 0.25) is 0 Å². The number of carbonyl (C=O) groups excluding carboxylic acids is 1. The highest BCUT2D eigenvalue weighted by molar-refractivity contribution is 7.68. The lowest BCUT2D eigenvalue weighted by Gasteiger charge is -2.20.